The number of nitrogens with zero attached hydrogens (tertiary/aromatic N) is 2. The number of hydroxylamine groups is 2. The Hall–Kier alpha value is -2.16. The number of carbonyl (C=O) groups excluding carboxylic acids is 3. The summed E-state index contributed by atoms with van der Waals surface area (Å²) in [6.45, 7) is 3.30. The molecule has 0 spiro atoms. The van der Waals surface area contributed by atoms with Crippen LogP contribution in [0.3, 0.4) is 0 Å². The van der Waals surface area contributed by atoms with Gasteiger partial charge in [-0.15, -0.1) is 0 Å². The van der Waals surface area contributed by atoms with Gasteiger partial charge in [0, 0.05) is 0 Å². The van der Waals surface area contributed by atoms with Crippen LogP contribution in [-0.4, -0.2) is 59.5 Å². The van der Waals surface area contributed by atoms with Crippen LogP contribution in [0.4, 0.5) is 9.18 Å². The van der Waals surface area contributed by atoms with Crippen molar-refractivity contribution >= 4 is 17.9 Å². The Labute approximate surface area is 120 Å². The summed E-state index contributed by atoms with van der Waals surface area (Å²) < 4.78 is 18.1. The second kappa shape index (κ2) is 5.68. The second-order valence-electron chi connectivity index (χ2n) is 4.72. The zero-order chi connectivity index (χ0) is 15.7. The highest BCUT2D eigenvalue weighted by molar-refractivity contribution is 5.90. The van der Waals surface area contributed by atoms with Crippen molar-refractivity contribution in [2.24, 2.45) is 5.73 Å². The number of esters is 1. The molecule has 9 heteroatoms. The van der Waals surface area contributed by atoms with Gasteiger partial charge < -0.3 is 15.4 Å². The van der Waals surface area contributed by atoms with Gasteiger partial charge in [0.1, 0.15) is 6.04 Å². The lowest BCUT2D eigenvalue weighted by atomic mass is 10.0. The van der Waals surface area contributed by atoms with Crippen LogP contribution in [0.1, 0.15) is 13.8 Å². The molecule has 21 heavy (non-hydrogen) atoms. The van der Waals surface area contributed by atoms with E-state index in [4.69, 9.17) is 10.6 Å². The normalized spacial score (nSPS) is 25.7. The van der Waals surface area contributed by atoms with Crippen molar-refractivity contribution in [3.05, 3.63) is 11.6 Å². The monoisotopic (exact) mass is 301 g/mol. The Kier molecular flexibility index (Phi) is 4.12. The van der Waals surface area contributed by atoms with Gasteiger partial charge in [0.25, 0.3) is 0 Å². The van der Waals surface area contributed by atoms with Crippen molar-refractivity contribution < 1.29 is 28.3 Å². The van der Waals surface area contributed by atoms with E-state index in [1.165, 1.54) is 11.8 Å². The zero-order valence-electron chi connectivity index (χ0n) is 11.6. The fourth-order valence-corrected chi connectivity index (χ4v) is 2.45. The average Bonchev–Trinajstić information content (AvgIpc) is 2.64. The molecule has 3 atom stereocenters. The molecule has 0 aliphatic carbocycles. The molecule has 2 rings (SSSR count). The molecular formula is C12H16FN3O5. The molecule has 0 unspecified atom stereocenters. The predicted molar refractivity (Wildman–Crippen MR) is 67.1 cm³/mol. The van der Waals surface area contributed by atoms with E-state index in [0.29, 0.717) is 5.57 Å². The predicted octanol–water partition coefficient (Wildman–Crippen LogP) is -0.303. The number of primary amides is 1. The van der Waals surface area contributed by atoms with E-state index in [9.17, 15) is 18.8 Å². The van der Waals surface area contributed by atoms with Crippen LogP contribution in [0, 0.1) is 0 Å². The van der Waals surface area contributed by atoms with Gasteiger partial charge in [-0.3, -0.25) is 4.79 Å². The van der Waals surface area contributed by atoms with E-state index in [2.05, 4.69) is 4.74 Å². The highest BCUT2D eigenvalue weighted by Gasteiger charge is 2.48. The van der Waals surface area contributed by atoms with Crippen molar-refractivity contribution in [2.75, 3.05) is 13.2 Å². The summed E-state index contributed by atoms with van der Waals surface area (Å²) in [7, 11) is 0. The minimum atomic E-state index is -2.41. The number of carbonyl (C=O) groups is 3. The summed E-state index contributed by atoms with van der Waals surface area (Å²) in [5.74, 6) is -1.89. The molecule has 1 saturated heterocycles. The number of amides is 3. The van der Waals surface area contributed by atoms with Gasteiger partial charge in [-0.05, 0) is 19.4 Å². The van der Waals surface area contributed by atoms with Crippen LogP contribution < -0.4 is 5.73 Å². The molecule has 2 bridgehead atoms. The molecule has 0 aromatic carbocycles. The molecule has 2 N–H and O–H groups in total. The van der Waals surface area contributed by atoms with Gasteiger partial charge >= 0.3 is 18.4 Å². The van der Waals surface area contributed by atoms with Crippen LogP contribution in [0.25, 0.3) is 0 Å². The molecule has 3 amide bonds. The molecule has 0 aromatic heterocycles. The molecule has 2 aliphatic rings. The van der Waals surface area contributed by atoms with E-state index < -0.39 is 36.3 Å². The number of hydrogen-bond donors (Lipinski definition) is 1. The third kappa shape index (κ3) is 2.68. The Morgan fingerprint density at radius 3 is 2.81 bits per heavy atom. The van der Waals surface area contributed by atoms with Crippen molar-refractivity contribution in [2.45, 2.75) is 32.3 Å². The third-order valence-corrected chi connectivity index (χ3v) is 3.26. The molecule has 116 valence electrons. The quantitative estimate of drug-likeness (QED) is 0.554. The lowest BCUT2D eigenvalue weighted by Crippen LogP contribution is -2.48. The summed E-state index contributed by atoms with van der Waals surface area (Å²) in [6.07, 6.45) is -0.815. The van der Waals surface area contributed by atoms with Crippen LogP contribution in [0.15, 0.2) is 11.6 Å². The first kappa shape index (κ1) is 15.2. The summed E-state index contributed by atoms with van der Waals surface area (Å²) in [4.78, 5) is 40.6. The minimum Gasteiger partial charge on any atom is -0.462 e. The van der Waals surface area contributed by atoms with Gasteiger partial charge in [0.15, 0.2) is 0 Å². The summed E-state index contributed by atoms with van der Waals surface area (Å²) in [5, 5.41) is 0.730. The maximum atomic E-state index is 13.6. The van der Waals surface area contributed by atoms with E-state index in [0.717, 1.165) is 5.06 Å². The Morgan fingerprint density at radius 2 is 2.24 bits per heavy atom. The van der Waals surface area contributed by atoms with E-state index in [1.54, 1.807) is 13.0 Å². The maximum absolute atomic E-state index is 13.6. The van der Waals surface area contributed by atoms with E-state index in [1.807, 2.05) is 0 Å². The lowest BCUT2D eigenvalue weighted by molar-refractivity contribution is -0.223. The summed E-state index contributed by atoms with van der Waals surface area (Å²) >= 11 is 0. The van der Waals surface area contributed by atoms with Crippen LogP contribution in [-0.2, 0) is 19.2 Å². The summed E-state index contributed by atoms with van der Waals surface area (Å²) in [5.41, 5.74) is 5.83. The van der Waals surface area contributed by atoms with Crippen molar-refractivity contribution in [1.82, 2.24) is 9.96 Å². The Balaban J connectivity index is 2.13. The molecule has 1 fully saturated rings. The number of halogens is 1. The van der Waals surface area contributed by atoms with Gasteiger partial charge in [0.05, 0.1) is 19.2 Å². The third-order valence-electron chi connectivity index (χ3n) is 3.26. The minimum absolute atomic E-state index is 0.00509. The van der Waals surface area contributed by atoms with Gasteiger partial charge in [-0.1, -0.05) is 6.08 Å². The number of fused-ring (bicyclic) bond motifs is 2. The van der Waals surface area contributed by atoms with Crippen molar-refractivity contribution in [3.8, 4) is 0 Å². The van der Waals surface area contributed by atoms with Crippen LogP contribution in [0.5, 0.6) is 0 Å². The highest BCUT2D eigenvalue weighted by atomic mass is 19.1. The van der Waals surface area contributed by atoms with Gasteiger partial charge in [0.2, 0.25) is 5.91 Å². The number of nitrogens with two attached hydrogens (primary N) is 1. The van der Waals surface area contributed by atoms with E-state index >= 15 is 0 Å². The number of hydrogen-bond acceptors (Lipinski definition) is 5. The average molecular weight is 301 g/mol. The second-order valence-corrected chi connectivity index (χ2v) is 4.72. The fourth-order valence-electron chi connectivity index (χ4n) is 2.45. The number of rotatable bonds is 5. The maximum Gasteiger partial charge on any atom is 0.370 e. The first-order chi connectivity index (χ1) is 9.86. The number of ether oxygens (including phenoxy) is 1. The molecule has 8 nitrogen and oxygen atoms in total. The Bertz CT molecular complexity index is 509. The van der Waals surface area contributed by atoms with Crippen molar-refractivity contribution in [3.63, 3.8) is 0 Å². The molecular weight excluding hydrogens is 285 g/mol. The largest absolute Gasteiger partial charge is 0.462 e. The van der Waals surface area contributed by atoms with Crippen LogP contribution >= 0.6 is 0 Å². The molecule has 0 aromatic rings. The topological polar surface area (TPSA) is 102 Å². The molecule has 2 heterocycles. The smallest absolute Gasteiger partial charge is 0.370 e. The number of alkyl halides is 1. The first-order valence-corrected chi connectivity index (χ1v) is 6.41. The van der Waals surface area contributed by atoms with Gasteiger partial charge in [-0.25, -0.2) is 18.8 Å². The first-order valence-electron chi connectivity index (χ1n) is 6.41. The molecule has 0 saturated carbocycles. The number of urea groups is 1. The molecule has 2 aliphatic heterocycles. The summed E-state index contributed by atoms with van der Waals surface area (Å²) in [6, 6.07) is -2.19. The fraction of sp³-hybridized carbons (Fsp3) is 0.583. The Morgan fingerprint density at radius 1 is 1.57 bits per heavy atom. The van der Waals surface area contributed by atoms with Crippen LogP contribution in [0.2, 0.25) is 0 Å². The van der Waals surface area contributed by atoms with E-state index in [-0.39, 0.29) is 13.2 Å². The zero-order valence-corrected chi connectivity index (χ0v) is 11.6. The lowest BCUT2D eigenvalue weighted by Gasteiger charge is -2.27. The highest BCUT2D eigenvalue weighted by Crippen LogP contribution is 2.29. The van der Waals surface area contributed by atoms with Gasteiger partial charge in [-0.2, -0.15) is 5.06 Å². The SMILES string of the molecule is CCOC(=O)[C@@H](F)ON1C(=O)N2C[C@@H]1C=C(C)[C@H]2C(N)=O. The van der Waals surface area contributed by atoms with Crippen molar-refractivity contribution in [1.29, 1.82) is 0 Å². The molecule has 0 radical (unpaired) electrons. The standard InChI is InChI=1S/C12H16FN3O5/c1-3-20-11(18)9(13)21-16-7-4-6(2)8(10(14)17)15(5-7)12(16)19/h4,7-9H,3,5H2,1-2H3,(H2,14,17)/t7-,8-,9-/m0/s1.